The third-order valence-corrected chi connectivity index (χ3v) is 8.22. The van der Waals surface area contributed by atoms with Crippen LogP contribution in [-0.2, 0) is 21.4 Å². The summed E-state index contributed by atoms with van der Waals surface area (Å²) in [7, 11) is -3.92. The van der Waals surface area contributed by atoms with E-state index in [1.54, 1.807) is 0 Å². The Morgan fingerprint density at radius 1 is 1.19 bits per heavy atom. The minimum atomic E-state index is -3.92. The fraction of sp³-hybridized carbons (Fsp3) is 0.238. The molecule has 0 radical (unpaired) electrons. The molecule has 0 spiro atoms. The van der Waals surface area contributed by atoms with Crippen LogP contribution in [0, 0.1) is 5.82 Å². The summed E-state index contributed by atoms with van der Waals surface area (Å²) in [6.45, 7) is 0.599. The highest BCUT2D eigenvalue weighted by Crippen LogP contribution is 2.40. The topological polar surface area (TPSA) is 88.6 Å². The summed E-state index contributed by atoms with van der Waals surface area (Å²) >= 11 is 1.32. The molecule has 1 atom stereocenters. The van der Waals surface area contributed by atoms with Crippen molar-refractivity contribution in [2.45, 2.75) is 30.4 Å². The van der Waals surface area contributed by atoms with Crippen molar-refractivity contribution >= 4 is 32.4 Å². The number of rotatable bonds is 4. The van der Waals surface area contributed by atoms with E-state index in [2.05, 4.69) is 10.3 Å². The van der Waals surface area contributed by atoms with Gasteiger partial charge in [0.05, 0.1) is 15.5 Å². The van der Waals surface area contributed by atoms with E-state index < -0.39 is 27.8 Å². The average molecular weight is 460 g/mol. The molecule has 1 fully saturated rings. The molecule has 1 aromatic heterocycles. The van der Waals surface area contributed by atoms with Gasteiger partial charge in [0.25, 0.3) is 0 Å². The van der Waals surface area contributed by atoms with Gasteiger partial charge in [0.15, 0.2) is 5.13 Å². The number of aromatic nitrogens is 1. The van der Waals surface area contributed by atoms with Gasteiger partial charge in [-0.3, -0.25) is 4.79 Å². The molecule has 31 heavy (non-hydrogen) atoms. The van der Waals surface area contributed by atoms with E-state index in [4.69, 9.17) is 4.74 Å². The summed E-state index contributed by atoms with van der Waals surface area (Å²) in [6, 6.07) is 11.3. The van der Waals surface area contributed by atoms with Gasteiger partial charge < -0.3 is 10.1 Å². The molecule has 1 amide bonds. The van der Waals surface area contributed by atoms with E-state index in [1.807, 2.05) is 24.3 Å². The Bertz CT molecular complexity index is 1260. The number of amides is 1. The fourth-order valence-corrected chi connectivity index (χ4v) is 6.41. The fourth-order valence-electron chi connectivity index (χ4n) is 3.87. The first-order valence-corrected chi connectivity index (χ1v) is 12.0. The standard InChI is InChI=1S/C21H18FN3O4S2/c22-13-7-9-14(10-8-13)31(27,28)25-11-3-5-16(25)20(26)24-21-23-19-15-4-1-2-6-17(15)29-12-18(19)30-21/h1-2,4,6-10,16H,3,5,11-12H2,(H,23,24,26). The molecular formula is C21H18FN3O4S2. The normalized spacial score (nSPS) is 18.2. The van der Waals surface area contributed by atoms with Gasteiger partial charge in [-0.2, -0.15) is 4.31 Å². The molecular weight excluding hydrogens is 441 g/mol. The molecule has 2 aliphatic heterocycles. The summed E-state index contributed by atoms with van der Waals surface area (Å²) in [6.07, 6.45) is 0.970. The Labute approximate surface area is 182 Å². The molecule has 0 bridgehead atoms. The van der Waals surface area contributed by atoms with Gasteiger partial charge in [-0.05, 0) is 49.2 Å². The van der Waals surface area contributed by atoms with Crippen molar-refractivity contribution in [2.24, 2.45) is 0 Å². The van der Waals surface area contributed by atoms with Crippen LogP contribution in [0.4, 0.5) is 9.52 Å². The van der Waals surface area contributed by atoms with E-state index in [-0.39, 0.29) is 11.4 Å². The molecule has 5 rings (SSSR count). The highest BCUT2D eigenvalue weighted by Gasteiger charge is 2.40. The second-order valence-electron chi connectivity index (χ2n) is 7.29. The summed E-state index contributed by atoms with van der Waals surface area (Å²) in [5.41, 5.74) is 1.63. The maximum absolute atomic E-state index is 13.2. The van der Waals surface area contributed by atoms with Crippen LogP contribution in [-0.4, -0.2) is 36.2 Å². The maximum Gasteiger partial charge on any atom is 0.244 e. The van der Waals surface area contributed by atoms with E-state index in [9.17, 15) is 17.6 Å². The lowest BCUT2D eigenvalue weighted by molar-refractivity contribution is -0.119. The van der Waals surface area contributed by atoms with Crippen LogP contribution >= 0.6 is 11.3 Å². The molecule has 2 aromatic carbocycles. The van der Waals surface area contributed by atoms with Crippen molar-refractivity contribution in [1.29, 1.82) is 0 Å². The number of anilines is 1. The van der Waals surface area contributed by atoms with Crippen molar-refractivity contribution in [1.82, 2.24) is 9.29 Å². The largest absolute Gasteiger partial charge is 0.487 e. The quantitative estimate of drug-likeness (QED) is 0.644. The van der Waals surface area contributed by atoms with Gasteiger partial charge >= 0.3 is 0 Å². The number of para-hydroxylation sites is 1. The second-order valence-corrected chi connectivity index (χ2v) is 10.3. The van der Waals surface area contributed by atoms with Crippen LogP contribution in [0.1, 0.15) is 17.7 Å². The van der Waals surface area contributed by atoms with Crippen LogP contribution in [0.5, 0.6) is 5.75 Å². The molecule has 2 aliphatic rings. The number of nitrogens with zero attached hydrogens (tertiary/aromatic N) is 2. The van der Waals surface area contributed by atoms with Crippen molar-refractivity contribution in [3.63, 3.8) is 0 Å². The lowest BCUT2D eigenvalue weighted by atomic mass is 10.1. The molecule has 3 heterocycles. The molecule has 160 valence electrons. The number of thiazole rings is 1. The van der Waals surface area contributed by atoms with Gasteiger partial charge in [0.1, 0.15) is 24.2 Å². The molecule has 10 heteroatoms. The van der Waals surface area contributed by atoms with E-state index in [0.717, 1.165) is 34.0 Å². The molecule has 1 saturated heterocycles. The minimum Gasteiger partial charge on any atom is -0.487 e. The van der Waals surface area contributed by atoms with Crippen molar-refractivity contribution in [3.05, 3.63) is 59.2 Å². The second kappa shape index (κ2) is 7.70. The zero-order chi connectivity index (χ0) is 21.6. The van der Waals surface area contributed by atoms with Crippen molar-refractivity contribution in [2.75, 3.05) is 11.9 Å². The van der Waals surface area contributed by atoms with Crippen LogP contribution in [0.2, 0.25) is 0 Å². The molecule has 7 nitrogen and oxygen atoms in total. The Balaban J connectivity index is 1.37. The third-order valence-electron chi connectivity index (χ3n) is 5.35. The average Bonchev–Trinajstić information content (AvgIpc) is 3.41. The molecule has 0 saturated carbocycles. The summed E-state index contributed by atoms with van der Waals surface area (Å²) in [5.74, 6) is -0.207. The molecule has 1 N–H and O–H groups in total. The monoisotopic (exact) mass is 459 g/mol. The van der Waals surface area contributed by atoms with Gasteiger partial charge in [-0.15, -0.1) is 0 Å². The Hall–Kier alpha value is -2.82. The number of ether oxygens (including phenoxy) is 1. The number of carbonyl (C=O) groups is 1. The number of nitrogens with one attached hydrogen (secondary N) is 1. The lowest BCUT2D eigenvalue weighted by Gasteiger charge is -2.23. The number of carbonyl (C=O) groups excluding carboxylic acids is 1. The van der Waals surface area contributed by atoms with Crippen LogP contribution in [0.15, 0.2) is 53.4 Å². The number of halogens is 1. The highest BCUT2D eigenvalue weighted by atomic mass is 32.2. The first kappa shape index (κ1) is 20.1. The minimum absolute atomic E-state index is 0.0351. The van der Waals surface area contributed by atoms with Crippen LogP contribution in [0.3, 0.4) is 0 Å². The van der Waals surface area contributed by atoms with Crippen LogP contribution in [0.25, 0.3) is 11.3 Å². The first-order chi connectivity index (χ1) is 14.9. The van der Waals surface area contributed by atoms with E-state index in [1.165, 1.54) is 27.8 Å². The lowest BCUT2D eigenvalue weighted by Crippen LogP contribution is -2.43. The zero-order valence-corrected chi connectivity index (χ0v) is 17.9. The van der Waals surface area contributed by atoms with E-state index >= 15 is 0 Å². The Morgan fingerprint density at radius 2 is 1.97 bits per heavy atom. The van der Waals surface area contributed by atoms with Gasteiger partial charge in [-0.25, -0.2) is 17.8 Å². The number of hydrogen-bond acceptors (Lipinski definition) is 6. The van der Waals surface area contributed by atoms with Gasteiger partial charge in [0.2, 0.25) is 15.9 Å². The summed E-state index contributed by atoms with van der Waals surface area (Å²) < 4.78 is 46.1. The molecule has 1 unspecified atom stereocenters. The maximum atomic E-state index is 13.2. The number of hydrogen-bond donors (Lipinski definition) is 1. The van der Waals surface area contributed by atoms with E-state index in [0.29, 0.717) is 24.6 Å². The van der Waals surface area contributed by atoms with Crippen molar-refractivity contribution < 1.29 is 22.3 Å². The molecule has 3 aromatic rings. The molecule has 0 aliphatic carbocycles. The third kappa shape index (κ3) is 3.60. The summed E-state index contributed by atoms with van der Waals surface area (Å²) in [4.78, 5) is 18.4. The number of fused-ring (bicyclic) bond motifs is 3. The van der Waals surface area contributed by atoms with Gasteiger partial charge in [0, 0.05) is 12.1 Å². The number of benzene rings is 2. The predicted octanol–water partition coefficient (Wildman–Crippen LogP) is 3.63. The first-order valence-electron chi connectivity index (χ1n) is 9.74. The van der Waals surface area contributed by atoms with Crippen molar-refractivity contribution in [3.8, 4) is 17.0 Å². The zero-order valence-electron chi connectivity index (χ0n) is 16.2. The van der Waals surface area contributed by atoms with Gasteiger partial charge in [-0.1, -0.05) is 23.5 Å². The van der Waals surface area contributed by atoms with Crippen LogP contribution < -0.4 is 10.1 Å². The smallest absolute Gasteiger partial charge is 0.244 e. The number of sulfonamides is 1. The summed E-state index contributed by atoms with van der Waals surface area (Å²) in [5, 5.41) is 3.19. The Morgan fingerprint density at radius 3 is 2.77 bits per heavy atom. The highest BCUT2D eigenvalue weighted by molar-refractivity contribution is 7.89. The SMILES string of the molecule is O=C(Nc1nc2c(s1)COc1ccccc1-2)C1CCCN1S(=O)(=O)c1ccc(F)cc1. The predicted molar refractivity (Wildman–Crippen MR) is 114 cm³/mol. The Kier molecular flexibility index (Phi) is 4.99.